The van der Waals surface area contributed by atoms with Gasteiger partial charge in [-0.3, -0.25) is 9.59 Å². The van der Waals surface area contributed by atoms with Gasteiger partial charge in [0.1, 0.15) is 18.8 Å². The Kier molecular flexibility index (Phi) is 11.4. The van der Waals surface area contributed by atoms with E-state index >= 15 is 0 Å². The van der Waals surface area contributed by atoms with E-state index < -0.39 is 61.5 Å². The topological polar surface area (TPSA) is 68.3 Å². The highest BCUT2D eigenvalue weighted by molar-refractivity contribution is 5.80. The minimum Gasteiger partial charge on any atom is -0.496 e. The van der Waals surface area contributed by atoms with Crippen molar-refractivity contribution in [2.45, 2.75) is 82.1 Å². The Bertz CT molecular complexity index is 1290. The molecule has 2 amide bonds. The standard InChI is InChI=1S/C32H38F6N2O5/c1-21-7-3-4-8-22(21)15-29(41)39(19-31(33,34)35)24-11-13-27(44-17-24)28-14-12-25(18-45-28)40(20-32(36,37)38)30(42)16-23-9-5-6-10-26(23)43-2/h3-10,24-25,27-28H,11-20H2,1-2H3. The van der Waals surface area contributed by atoms with Crippen LogP contribution < -0.4 is 4.74 Å². The fraction of sp³-hybridized carbons (Fsp3) is 0.562. The minimum atomic E-state index is -4.62. The molecule has 4 atom stereocenters. The lowest BCUT2D eigenvalue weighted by atomic mass is 9.93. The Labute approximate surface area is 258 Å². The second-order valence-corrected chi connectivity index (χ2v) is 11.6. The molecule has 4 unspecified atom stereocenters. The van der Waals surface area contributed by atoms with Gasteiger partial charge >= 0.3 is 12.4 Å². The third kappa shape index (κ3) is 9.83. The Morgan fingerprint density at radius 3 is 1.60 bits per heavy atom. The summed E-state index contributed by atoms with van der Waals surface area (Å²) >= 11 is 0. The molecule has 45 heavy (non-hydrogen) atoms. The molecule has 2 fully saturated rings. The number of aryl methyl sites for hydroxylation is 1. The largest absolute Gasteiger partial charge is 0.496 e. The number of rotatable bonds is 10. The number of benzene rings is 2. The first-order chi connectivity index (χ1) is 21.2. The smallest absolute Gasteiger partial charge is 0.406 e. The summed E-state index contributed by atoms with van der Waals surface area (Å²) in [5, 5.41) is 0. The number of alkyl halides is 6. The van der Waals surface area contributed by atoms with Crippen molar-refractivity contribution >= 4 is 11.8 Å². The van der Waals surface area contributed by atoms with Gasteiger partial charge in [0.25, 0.3) is 0 Å². The maximum absolute atomic E-state index is 13.5. The zero-order valence-electron chi connectivity index (χ0n) is 25.2. The van der Waals surface area contributed by atoms with Crippen LogP contribution in [0.4, 0.5) is 26.3 Å². The molecular weight excluding hydrogens is 606 g/mol. The van der Waals surface area contributed by atoms with Crippen molar-refractivity contribution in [2.75, 3.05) is 33.4 Å². The number of carbonyl (C=O) groups excluding carboxylic acids is 2. The maximum Gasteiger partial charge on any atom is 0.406 e. The fourth-order valence-electron chi connectivity index (χ4n) is 6.01. The highest BCUT2D eigenvalue weighted by atomic mass is 19.4. The average molecular weight is 645 g/mol. The van der Waals surface area contributed by atoms with E-state index in [9.17, 15) is 35.9 Å². The van der Waals surface area contributed by atoms with E-state index in [0.717, 1.165) is 15.4 Å². The Morgan fingerprint density at radius 1 is 0.733 bits per heavy atom. The number of para-hydroxylation sites is 1. The minimum absolute atomic E-state index is 0.124. The van der Waals surface area contributed by atoms with Crippen LogP contribution in [0.15, 0.2) is 48.5 Å². The molecule has 0 aromatic heterocycles. The monoisotopic (exact) mass is 644 g/mol. The summed E-state index contributed by atoms with van der Waals surface area (Å²) in [5.74, 6) is -0.954. The zero-order chi connectivity index (χ0) is 32.8. The van der Waals surface area contributed by atoms with Crippen LogP contribution in [0, 0.1) is 6.92 Å². The number of hydrogen-bond acceptors (Lipinski definition) is 5. The van der Waals surface area contributed by atoms with Crippen molar-refractivity contribution in [1.29, 1.82) is 0 Å². The number of ether oxygens (including phenoxy) is 3. The van der Waals surface area contributed by atoms with E-state index in [0.29, 0.717) is 29.7 Å². The second-order valence-electron chi connectivity index (χ2n) is 11.6. The maximum atomic E-state index is 13.5. The fourth-order valence-corrected chi connectivity index (χ4v) is 6.01. The van der Waals surface area contributed by atoms with Crippen LogP contribution in [0.5, 0.6) is 5.75 Å². The summed E-state index contributed by atoms with van der Waals surface area (Å²) in [6.07, 6.45) is -9.56. The highest BCUT2D eigenvalue weighted by Crippen LogP contribution is 2.31. The predicted octanol–water partition coefficient (Wildman–Crippen LogP) is 5.67. The first kappa shape index (κ1) is 34.6. The molecule has 0 bridgehead atoms. The van der Waals surface area contributed by atoms with Crippen molar-refractivity contribution in [2.24, 2.45) is 0 Å². The number of nitrogens with zero attached hydrogens (tertiary/aromatic N) is 2. The van der Waals surface area contributed by atoms with Gasteiger partial charge in [-0.2, -0.15) is 26.3 Å². The molecule has 248 valence electrons. The van der Waals surface area contributed by atoms with Gasteiger partial charge in [0.2, 0.25) is 11.8 Å². The van der Waals surface area contributed by atoms with Gasteiger partial charge in [0, 0.05) is 5.56 Å². The van der Waals surface area contributed by atoms with Gasteiger partial charge < -0.3 is 24.0 Å². The normalized spacial score (nSPS) is 22.5. The molecule has 13 heteroatoms. The van der Waals surface area contributed by atoms with E-state index in [1.807, 2.05) is 0 Å². The number of hydrogen-bond donors (Lipinski definition) is 0. The number of amides is 2. The molecule has 0 aliphatic carbocycles. The summed E-state index contributed by atoms with van der Waals surface area (Å²) in [7, 11) is 1.42. The van der Waals surface area contributed by atoms with Crippen molar-refractivity contribution in [3.05, 3.63) is 65.2 Å². The predicted molar refractivity (Wildman–Crippen MR) is 153 cm³/mol. The molecule has 2 aromatic rings. The van der Waals surface area contributed by atoms with Crippen molar-refractivity contribution in [1.82, 2.24) is 9.80 Å². The summed E-state index contributed by atoms with van der Waals surface area (Å²) < 4.78 is 98.0. The molecule has 0 radical (unpaired) electrons. The average Bonchev–Trinajstić information content (AvgIpc) is 2.99. The molecule has 2 saturated heterocycles. The molecule has 7 nitrogen and oxygen atoms in total. The molecule has 2 aliphatic heterocycles. The summed E-state index contributed by atoms with van der Waals surface area (Å²) in [5.41, 5.74) is 1.92. The van der Waals surface area contributed by atoms with Gasteiger partial charge in [0.15, 0.2) is 0 Å². The molecular formula is C32H38F6N2O5. The van der Waals surface area contributed by atoms with Gasteiger partial charge in [-0.05, 0) is 49.8 Å². The first-order valence-corrected chi connectivity index (χ1v) is 14.9. The van der Waals surface area contributed by atoms with E-state index in [-0.39, 0.29) is 38.9 Å². The van der Waals surface area contributed by atoms with Crippen LogP contribution >= 0.6 is 0 Å². The first-order valence-electron chi connectivity index (χ1n) is 14.9. The van der Waals surface area contributed by atoms with Crippen LogP contribution in [0.3, 0.4) is 0 Å². The van der Waals surface area contributed by atoms with Crippen molar-refractivity contribution < 1.29 is 50.1 Å². The number of carbonyl (C=O) groups is 2. The summed E-state index contributed by atoms with van der Waals surface area (Å²) in [4.78, 5) is 27.8. The Hall–Kier alpha value is -3.32. The molecule has 2 aromatic carbocycles. The van der Waals surface area contributed by atoms with E-state index in [1.54, 1.807) is 55.5 Å². The van der Waals surface area contributed by atoms with Crippen LogP contribution in [0.1, 0.15) is 42.4 Å². The van der Waals surface area contributed by atoms with Gasteiger partial charge in [0.05, 0.1) is 57.5 Å². The van der Waals surface area contributed by atoms with Crippen LogP contribution in [-0.4, -0.2) is 91.7 Å². The molecule has 0 saturated carbocycles. The van der Waals surface area contributed by atoms with Crippen LogP contribution in [0.2, 0.25) is 0 Å². The quantitative estimate of drug-likeness (QED) is 0.312. The second kappa shape index (κ2) is 14.8. The van der Waals surface area contributed by atoms with Crippen LogP contribution in [0.25, 0.3) is 0 Å². The van der Waals surface area contributed by atoms with E-state index in [2.05, 4.69) is 0 Å². The van der Waals surface area contributed by atoms with Crippen molar-refractivity contribution in [3.63, 3.8) is 0 Å². The Balaban J connectivity index is 1.35. The van der Waals surface area contributed by atoms with E-state index in [1.165, 1.54) is 7.11 Å². The molecule has 0 N–H and O–H groups in total. The lowest BCUT2D eigenvalue weighted by Crippen LogP contribution is -2.54. The van der Waals surface area contributed by atoms with Gasteiger partial charge in [-0.25, -0.2) is 0 Å². The molecule has 4 rings (SSSR count). The SMILES string of the molecule is COc1ccccc1CC(=O)N(CC(F)(F)F)C1CCC(C2CCC(N(CC(F)(F)F)C(=O)Cc3ccccc3C)CO2)OC1. The Morgan fingerprint density at radius 2 is 1.18 bits per heavy atom. The van der Waals surface area contributed by atoms with Crippen LogP contribution in [-0.2, 0) is 31.9 Å². The summed E-state index contributed by atoms with van der Waals surface area (Å²) in [6, 6.07) is 12.0. The molecule has 2 aliphatic rings. The number of halogens is 6. The highest BCUT2D eigenvalue weighted by Gasteiger charge is 2.42. The third-order valence-corrected chi connectivity index (χ3v) is 8.35. The van der Waals surface area contributed by atoms with E-state index in [4.69, 9.17) is 14.2 Å². The summed E-state index contributed by atoms with van der Waals surface area (Å²) in [6.45, 7) is -1.29. The van der Waals surface area contributed by atoms with Crippen molar-refractivity contribution in [3.8, 4) is 5.75 Å². The molecule has 0 spiro atoms. The zero-order valence-corrected chi connectivity index (χ0v) is 25.2. The molecule has 2 heterocycles. The van der Waals surface area contributed by atoms with Gasteiger partial charge in [-0.1, -0.05) is 42.5 Å². The van der Waals surface area contributed by atoms with Gasteiger partial charge in [-0.15, -0.1) is 0 Å². The number of methoxy groups -OCH3 is 1. The third-order valence-electron chi connectivity index (χ3n) is 8.35. The lowest BCUT2D eigenvalue weighted by Gasteiger charge is -2.42. The lowest BCUT2D eigenvalue weighted by molar-refractivity contribution is -0.184.